The maximum Gasteiger partial charge on any atom is 0.182 e. The molecule has 2 unspecified atom stereocenters. The monoisotopic (exact) mass is 208 g/mol. The Morgan fingerprint density at radius 2 is 2.47 bits per heavy atom. The van der Waals surface area contributed by atoms with E-state index in [-0.39, 0.29) is 11.8 Å². The number of hydrogen-bond acceptors (Lipinski definition) is 4. The van der Waals surface area contributed by atoms with Crippen LogP contribution in [0, 0.1) is 5.92 Å². The summed E-state index contributed by atoms with van der Waals surface area (Å²) < 4.78 is 1.53. The minimum Gasteiger partial charge on any atom is -0.328 e. The standard InChI is InChI=1S/C10H16N4O/c1-14-9(6-12-13-14)10(15)5-7-2-3-8(11)4-7/h6-8H,2-5,11H2,1H3. The number of carbonyl (C=O) groups is 1. The van der Waals surface area contributed by atoms with Crippen LogP contribution in [0.3, 0.4) is 0 Å². The first kappa shape index (κ1) is 10.3. The van der Waals surface area contributed by atoms with E-state index in [1.54, 1.807) is 7.05 Å². The first-order valence-corrected chi connectivity index (χ1v) is 5.30. The van der Waals surface area contributed by atoms with Crippen LogP contribution in [0.5, 0.6) is 0 Å². The Labute approximate surface area is 88.6 Å². The van der Waals surface area contributed by atoms with Crippen LogP contribution in [0.1, 0.15) is 36.2 Å². The molecule has 0 bridgehead atoms. The van der Waals surface area contributed by atoms with Gasteiger partial charge >= 0.3 is 0 Å². The molecule has 0 spiro atoms. The number of Topliss-reactive ketones (excluding diaryl/α,β-unsaturated/α-hetero) is 1. The maximum atomic E-state index is 11.8. The van der Waals surface area contributed by atoms with Crippen molar-refractivity contribution in [3.8, 4) is 0 Å². The maximum absolute atomic E-state index is 11.8. The van der Waals surface area contributed by atoms with Crippen LogP contribution in [0.15, 0.2) is 6.20 Å². The highest BCUT2D eigenvalue weighted by atomic mass is 16.1. The number of nitrogens with zero attached hydrogens (tertiary/aromatic N) is 3. The number of ketones is 1. The van der Waals surface area contributed by atoms with E-state index >= 15 is 0 Å². The van der Waals surface area contributed by atoms with Crippen LogP contribution >= 0.6 is 0 Å². The molecule has 0 amide bonds. The normalized spacial score (nSPS) is 25.7. The third-order valence-corrected chi connectivity index (χ3v) is 3.06. The molecule has 1 fully saturated rings. The van der Waals surface area contributed by atoms with Gasteiger partial charge in [-0.3, -0.25) is 4.79 Å². The van der Waals surface area contributed by atoms with E-state index in [1.165, 1.54) is 10.9 Å². The van der Waals surface area contributed by atoms with Crippen LogP contribution in [-0.2, 0) is 7.05 Å². The van der Waals surface area contributed by atoms with E-state index in [1.807, 2.05) is 0 Å². The first-order chi connectivity index (χ1) is 7.16. The highest BCUT2D eigenvalue weighted by molar-refractivity contribution is 5.94. The third kappa shape index (κ3) is 2.23. The molecule has 1 aliphatic rings. The average molecular weight is 208 g/mol. The molecule has 1 saturated carbocycles. The van der Waals surface area contributed by atoms with E-state index in [4.69, 9.17) is 5.73 Å². The second-order valence-electron chi connectivity index (χ2n) is 4.31. The Morgan fingerprint density at radius 1 is 1.67 bits per heavy atom. The molecular formula is C10H16N4O. The Morgan fingerprint density at radius 3 is 3.00 bits per heavy atom. The van der Waals surface area contributed by atoms with Gasteiger partial charge in [-0.05, 0) is 25.2 Å². The summed E-state index contributed by atoms with van der Waals surface area (Å²) in [5.41, 5.74) is 6.40. The van der Waals surface area contributed by atoms with E-state index in [0.717, 1.165) is 19.3 Å². The number of nitrogens with two attached hydrogens (primary N) is 1. The van der Waals surface area contributed by atoms with Gasteiger partial charge in [0.1, 0.15) is 5.69 Å². The molecule has 0 saturated heterocycles. The highest BCUT2D eigenvalue weighted by Gasteiger charge is 2.25. The minimum absolute atomic E-state index is 0.126. The molecule has 0 radical (unpaired) electrons. The largest absolute Gasteiger partial charge is 0.328 e. The Hall–Kier alpha value is -1.23. The predicted octanol–water partition coefficient (Wildman–Crippen LogP) is 0.515. The number of rotatable bonds is 3. The fraction of sp³-hybridized carbons (Fsp3) is 0.700. The van der Waals surface area contributed by atoms with Crippen molar-refractivity contribution in [3.63, 3.8) is 0 Å². The molecule has 1 aromatic rings. The molecule has 2 rings (SSSR count). The minimum atomic E-state index is 0.126. The van der Waals surface area contributed by atoms with Gasteiger partial charge in [0.2, 0.25) is 0 Å². The summed E-state index contributed by atoms with van der Waals surface area (Å²) in [6.07, 6.45) is 5.18. The topological polar surface area (TPSA) is 73.8 Å². The van der Waals surface area contributed by atoms with Gasteiger partial charge in [0.05, 0.1) is 6.20 Å². The van der Waals surface area contributed by atoms with Gasteiger partial charge in [-0.25, -0.2) is 4.68 Å². The first-order valence-electron chi connectivity index (χ1n) is 5.30. The van der Waals surface area contributed by atoms with Gasteiger partial charge in [0.15, 0.2) is 5.78 Å². The Bertz CT molecular complexity index is 360. The summed E-state index contributed by atoms with van der Waals surface area (Å²) >= 11 is 0. The SMILES string of the molecule is Cn1nncc1C(=O)CC1CCC(N)C1. The number of carbonyl (C=O) groups excluding carboxylic acids is 1. The number of hydrogen-bond donors (Lipinski definition) is 1. The fourth-order valence-electron chi connectivity index (χ4n) is 2.21. The lowest BCUT2D eigenvalue weighted by molar-refractivity contribution is 0.0952. The third-order valence-electron chi connectivity index (χ3n) is 3.06. The summed E-state index contributed by atoms with van der Waals surface area (Å²) in [7, 11) is 1.74. The summed E-state index contributed by atoms with van der Waals surface area (Å²) in [5, 5.41) is 7.45. The van der Waals surface area contributed by atoms with Crippen molar-refractivity contribution in [3.05, 3.63) is 11.9 Å². The lowest BCUT2D eigenvalue weighted by Crippen LogP contribution is -2.16. The molecule has 1 aliphatic carbocycles. The van der Waals surface area contributed by atoms with Crippen molar-refractivity contribution in [1.82, 2.24) is 15.0 Å². The van der Waals surface area contributed by atoms with Crippen LogP contribution in [0.2, 0.25) is 0 Å². The number of aromatic nitrogens is 3. The fourth-order valence-corrected chi connectivity index (χ4v) is 2.21. The van der Waals surface area contributed by atoms with Gasteiger partial charge in [-0.15, -0.1) is 5.10 Å². The molecule has 5 nitrogen and oxygen atoms in total. The molecule has 5 heteroatoms. The Balaban J connectivity index is 1.96. The van der Waals surface area contributed by atoms with E-state index in [9.17, 15) is 4.79 Å². The average Bonchev–Trinajstić information content (AvgIpc) is 2.75. The van der Waals surface area contributed by atoms with Gasteiger partial charge in [-0.1, -0.05) is 5.21 Å². The van der Waals surface area contributed by atoms with Gasteiger partial charge in [-0.2, -0.15) is 0 Å². The Kier molecular flexibility index (Phi) is 2.81. The molecule has 0 aromatic carbocycles. The molecule has 1 heterocycles. The van der Waals surface area contributed by atoms with Crippen molar-refractivity contribution in [2.24, 2.45) is 18.7 Å². The van der Waals surface area contributed by atoms with Crippen molar-refractivity contribution >= 4 is 5.78 Å². The zero-order valence-electron chi connectivity index (χ0n) is 8.89. The lowest BCUT2D eigenvalue weighted by Gasteiger charge is -2.07. The summed E-state index contributed by atoms with van der Waals surface area (Å²) in [5.74, 6) is 0.573. The predicted molar refractivity (Wildman–Crippen MR) is 55.3 cm³/mol. The molecule has 2 atom stereocenters. The zero-order valence-corrected chi connectivity index (χ0v) is 8.89. The molecule has 0 aliphatic heterocycles. The van der Waals surface area contributed by atoms with Crippen molar-refractivity contribution in [2.45, 2.75) is 31.7 Å². The van der Waals surface area contributed by atoms with E-state index in [0.29, 0.717) is 18.0 Å². The van der Waals surface area contributed by atoms with Gasteiger partial charge < -0.3 is 5.73 Å². The van der Waals surface area contributed by atoms with Crippen molar-refractivity contribution in [2.75, 3.05) is 0 Å². The van der Waals surface area contributed by atoms with Gasteiger partial charge in [0, 0.05) is 19.5 Å². The second-order valence-corrected chi connectivity index (χ2v) is 4.31. The van der Waals surface area contributed by atoms with Gasteiger partial charge in [0.25, 0.3) is 0 Å². The van der Waals surface area contributed by atoms with Crippen LogP contribution in [0.25, 0.3) is 0 Å². The smallest absolute Gasteiger partial charge is 0.182 e. The molecule has 2 N–H and O–H groups in total. The van der Waals surface area contributed by atoms with E-state index < -0.39 is 0 Å². The van der Waals surface area contributed by atoms with Crippen molar-refractivity contribution in [1.29, 1.82) is 0 Å². The molecule has 1 aromatic heterocycles. The summed E-state index contributed by atoms with van der Waals surface area (Å²) in [6, 6.07) is 0.285. The van der Waals surface area contributed by atoms with Crippen LogP contribution < -0.4 is 5.73 Å². The van der Waals surface area contributed by atoms with Crippen molar-refractivity contribution < 1.29 is 4.79 Å². The molecule has 15 heavy (non-hydrogen) atoms. The highest BCUT2D eigenvalue weighted by Crippen LogP contribution is 2.27. The zero-order chi connectivity index (χ0) is 10.8. The summed E-state index contributed by atoms with van der Waals surface area (Å²) in [4.78, 5) is 11.8. The molecular weight excluding hydrogens is 192 g/mol. The summed E-state index contributed by atoms with van der Waals surface area (Å²) in [6.45, 7) is 0. The number of aryl methyl sites for hydroxylation is 1. The lowest BCUT2D eigenvalue weighted by atomic mass is 9.99. The quantitative estimate of drug-likeness (QED) is 0.735. The second kappa shape index (κ2) is 4.10. The molecule has 82 valence electrons. The van der Waals surface area contributed by atoms with E-state index in [2.05, 4.69) is 10.3 Å². The van der Waals surface area contributed by atoms with Crippen LogP contribution in [-0.4, -0.2) is 26.8 Å². The van der Waals surface area contributed by atoms with Crippen LogP contribution in [0.4, 0.5) is 0 Å².